The lowest BCUT2D eigenvalue weighted by molar-refractivity contribution is -0.146. The van der Waals surface area contributed by atoms with Crippen molar-refractivity contribution in [3.63, 3.8) is 0 Å². The third-order valence-corrected chi connectivity index (χ3v) is 4.16. The molecular weight excluding hydrogens is 387 g/mol. The van der Waals surface area contributed by atoms with Gasteiger partial charge in [-0.25, -0.2) is 4.39 Å². The number of rotatable bonds is 7. The van der Waals surface area contributed by atoms with Crippen LogP contribution in [0.1, 0.15) is 10.4 Å². The number of carbonyl (C=O) groups is 3. The van der Waals surface area contributed by atoms with Gasteiger partial charge in [0.05, 0.1) is 5.56 Å². The Labute approximate surface area is 172 Å². The highest BCUT2D eigenvalue weighted by Gasteiger charge is 2.14. The average Bonchev–Trinajstić information content (AvgIpc) is 2.77. The topological polar surface area (TPSA) is 84.5 Å². The highest BCUT2D eigenvalue weighted by molar-refractivity contribution is 5.98. The summed E-state index contributed by atoms with van der Waals surface area (Å²) in [4.78, 5) is 35.9. The minimum atomic E-state index is -0.814. The Morgan fingerprint density at radius 2 is 1.50 bits per heavy atom. The Morgan fingerprint density at radius 3 is 2.27 bits per heavy atom. The van der Waals surface area contributed by atoms with Gasteiger partial charge in [-0.15, -0.1) is 0 Å². The molecule has 0 bridgehead atoms. The monoisotopic (exact) mass is 406 g/mol. The van der Waals surface area contributed by atoms with Crippen LogP contribution in [0, 0.1) is 5.82 Å². The fraction of sp³-hybridized carbons (Fsp3) is 0.0870. The number of ether oxygens (including phenoxy) is 1. The molecule has 0 unspecified atom stereocenters. The second kappa shape index (κ2) is 9.97. The van der Waals surface area contributed by atoms with Gasteiger partial charge in [-0.1, -0.05) is 60.7 Å². The molecule has 0 fully saturated rings. The summed E-state index contributed by atoms with van der Waals surface area (Å²) in [7, 11) is 0. The molecule has 6 nitrogen and oxygen atoms in total. The maximum Gasteiger partial charge on any atom is 0.325 e. The first-order valence-electron chi connectivity index (χ1n) is 9.17. The fourth-order valence-electron chi connectivity index (χ4n) is 2.74. The van der Waals surface area contributed by atoms with Gasteiger partial charge in [0, 0.05) is 11.3 Å². The Kier molecular flexibility index (Phi) is 6.89. The molecule has 30 heavy (non-hydrogen) atoms. The summed E-state index contributed by atoms with van der Waals surface area (Å²) >= 11 is 0. The van der Waals surface area contributed by atoms with E-state index in [9.17, 15) is 18.8 Å². The van der Waals surface area contributed by atoms with Gasteiger partial charge < -0.3 is 15.4 Å². The summed E-state index contributed by atoms with van der Waals surface area (Å²) in [5, 5.41) is 4.97. The summed E-state index contributed by atoms with van der Waals surface area (Å²) in [5.74, 6) is -2.77. The van der Waals surface area contributed by atoms with E-state index in [0.717, 1.165) is 17.2 Å². The average molecular weight is 406 g/mol. The molecule has 0 aliphatic carbocycles. The van der Waals surface area contributed by atoms with Gasteiger partial charge in [-0.2, -0.15) is 0 Å². The van der Waals surface area contributed by atoms with Crippen LogP contribution in [0.4, 0.5) is 10.1 Å². The van der Waals surface area contributed by atoms with E-state index in [1.165, 1.54) is 18.2 Å². The minimum Gasteiger partial charge on any atom is -0.454 e. The number of para-hydroxylation sites is 1. The van der Waals surface area contributed by atoms with Gasteiger partial charge in [0.1, 0.15) is 12.4 Å². The molecule has 0 aliphatic heterocycles. The van der Waals surface area contributed by atoms with E-state index in [2.05, 4.69) is 10.6 Å². The SMILES string of the molecule is O=C(COC(=O)CNC(=O)c1ccccc1F)Nc1ccccc1-c1ccccc1. The van der Waals surface area contributed by atoms with E-state index < -0.39 is 36.8 Å². The summed E-state index contributed by atoms with van der Waals surface area (Å²) in [5.41, 5.74) is 2.16. The van der Waals surface area contributed by atoms with Crippen molar-refractivity contribution >= 4 is 23.5 Å². The lowest BCUT2D eigenvalue weighted by Crippen LogP contribution is -2.32. The van der Waals surface area contributed by atoms with Gasteiger partial charge in [0.25, 0.3) is 11.8 Å². The molecule has 7 heteroatoms. The molecular formula is C23H19FN2O4. The molecule has 3 rings (SSSR count). The first-order chi connectivity index (χ1) is 14.5. The third-order valence-electron chi connectivity index (χ3n) is 4.16. The van der Waals surface area contributed by atoms with E-state index >= 15 is 0 Å². The Morgan fingerprint density at radius 1 is 0.833 bits per heavy atom. The molecule has 0 heterocycles. The van der Waals surface area contributed by atoms with E-state index in [0.29, 0.717) is 5.69 Å². The van der Waals surface area contributed by atoms with Crippen molar-refractivity contribution in [2.45, 2.75) is 0 Å². The molecule has 3 aromatic carbocycles. The van der Waals surface area contributed by atoms with Crippen LogP contribution in [-0.2, 0) is 14.3 Å². The lowest BCUT2D eigenvalue weighted by Gasteiger charge is -2.12. The summed E-state index contributed by atoms with van der Waals surface area (Å²) in [6.45, 7) is -1.00. The van der Waals surface area contributed by atoms with Crippen LogP contribution in [0.3, 0.4) is 0 Å². The zero-order valence-corrected chi connectivity index (χ0v) is 15.9. The van der Waals surface area contributed by atoms with Crippen LogP contribution >= 0.6 is 0 Å². The van der Waals surface area contributed by atoms with Crippen LogP contribution in [0.15, 0.2) is 78.9 Å². The van der Waals surface area contributed by atoms with Gasteiger partial charge in [0.15, 0.2) is 6.61 Å². The Bertz CT molecular complexity index is 1050. The van der Waals surface area contributed by atoms with Crippen LogP contribution < -0.4 is 10.6 Å². The van der Waals surface area contributed by atoms with Crippen molar-refractivity contribution < 1.29 is 23.5 Å². The molecule has 152 valence electrons. The van der Waals surface area contributed by atoms with Crippen LogP contribution in [0.5, 0.6) is 0 Å². The van der Waals surface area contributed by atoms with E-state index in [-0.39, 0.29) is 5.56 Å². The third kappa shape index (κ3) is 5.51. The van der Waals surface area contributed by atoms with Crippen molar-refractivity contribution in [3.8, 4) is 11.1 Å². The summed E-state index contributed by atoms with van der Waals surface area (Å²) < 4.78 is 18.4. The van der Waals surface area contributed by atoms with Crippen molar-refractivity contribution in [1.29, 1.82) is 0 Å². The fourth-order valence-corrected chi connectivity index (χ4v) is 2.74. The second-order valence-corrected chi connectivity index (χ2v) is 6.28. The molecule has 0 radical (unpaired) electrons. The van der Waals surface area contributed by atoms with Crippen molar-refractivity contribution in [1.82, 2.24) is 5.32 Å². The van der Waals surface area contributed by atoms with Crippen LogP contribution in [-0.4, -0.2) is 30.9 Å². The number of benzene rings is 3. The van der Waals surface area contributed by atoms with Gasteiger partial charge in [0.2, 0.25) is 0 Å². The number of halogens is 1. The molecule has 0 aliphatic rings. The zero-order chi connectivity index (χ0) is 21.3. The number of hydrogen-bond donors (Lipinski definition) is 2. The second-order valence-electron chi connectivity index (χ2n) is 6.28. The smallest absolute Gasteiger partial charge is 0.325 e. The Hall–Kier alpha value is -4.00. The van der Waals surface area contributed by atoms with Crippen LogP contribution in [0.2, 0.25) is 0 Å². The first-order valence-corrected chi connectivity index (χ1v) is 9.17. The zero-order valence-electron chi connectivity index (χ0n) is 15.9. The number of hydrogen-bond acceptors (Lipinski definition) is 4. The largest absolute Gasteiger partial charge is 0.454 e. The molecule has 0 spiro atoms. The number of anilines is 1. The number of esters is 1. The molecule has 0 saturated carbocycles. The van der Waals surface area contributed by atoms with Crippen molar-refractivity contribution in [3.05, 3.63) is 90.2 Å². The maximum atomic E-state index is 13.6. The predicted octanol–water partition coefficient (Wildman–Crippen LogP) is 3.40. The molecule has 0 aromatic heterocycles. The number of amides is 2. The van der Waals surface area contributed by atoms with E-state index in [4.69, 9.17) is 4.74 Å². The van der Waals surface area contributed by atoms with Gasteiger partial charge >= 0.3 is 5.97 Å². The number of carbonyl (C=O) groups excluding carboxylic acids is 3. The molecule has 0 atom stereocenters. The highest BCUT2D eigenvalue weighted by atomic mass is 19.1. The molecule has 2 N–H and O–H groups in total. The summed E-state index contributed by atoms with van der Waals surface area (Å²) in [6, 6.07) is 22.2. The first kappa shape index (κ1) is 20.7. The van der Waals surface area contributed by atoms with Crippen molar-refractivity contribution in [2.24, 2.45) is 0 Å². The van der Waals surface area contributed by atoms with Gasteiger partial charge in [-0.3, -0.25) is 14.4 Å². The Balaban J connectivity index is 1.50. The normalized spacial score (nSPS) is 10.2. The van der Waals surface area contributed by atoms with Crippen molar-refractivity contribution in [2.75, 3.05) is 18.5 Å². The highest BCUT2D eigenvalue weighted by Crippen LogP contribution is 2.27. The van der Waals surface area contributed by atoms with E-state index in [1.807, 2.05) is 42.5 Å². The summed E-state index contributed by atoms with van der Waals surface area (Å²) in [6.07, 6.45) is 0. The standard InChI is InChI=1S/C23H19FN2O4/c24-19-12-6-4-11-18(19)23(29)25-14-22(28)30-15-21(27)26-20-13-7-5-10-17(20)16-8-2-1-3-9-16/h1-13H,14-15H2,(H,25,29)(H,26,27). The lowest BCUT2D eigenvalue weighted by atomic mass is 10.0. The molecule has 0 saturated heterocycles. The minimum absolute atomic E-state index is 0.180. The molecule has 2 amide bonds. The van der Waals surface area contributed by atoms with E-state index in [1.54, 1.807) is 12.1 Å². The van der Waals surface area contributed by atoms with Crippen LogP contribution in [0.25, 0.3) is 11.1 Å². The van der Waals surface area contributed by atoms with Gasteiger partial charge in [-0.05, 0) is 23.8 Å². The molecule has 3 aromatic rings. The predicted molar refractivity (Wildman–Crippen MR) is 110 cm³/mol. The number of nitrogens with one attached hydrogen (secondary N) is 2. The quantitative estimate of drug-likeness (QED) is 0.589. The maximum absolute atomic E-state index is 13.6.